The van der Waals surface area contributed by atoms with Crippen molar-refractivity contribution in [2.45, 2.75) is 76.0 Å². The van der Waals surface area contributed by atoms with Crippen LogP contribution < -0.4 is 16.7 Å². The van der Waals surface area contributed by atoms with Gasteiger partial charge in [0.15, 0.2) is 18.0 Å². The first-order valence-corrected chi connectivity index (χ1v) is 10.8. The van der Waals surface area contributed by atoms with Gasteiger partial charge in [0.25, 0.3) is 0 Å². The number of aromatic nitrogens is 2. The number of alkyl halides is 1. The number of hydrogen-bond donors (Lipinski definition) is 3. The third-order valence-electron chi connectivity index (χ3n) is 5.77. The van der Waals surface area contributed by atoms with E-state index in [4.69, 9.17) is 25.5 Å². The van der Waals surface area contributed by atoms with Gasteiger partial charge in [-0.2, -0.15) is 4.98 Å². The largest absolute Gasteiger partial charge is 0.448 e. The number of nitrogens with one attached hydrogen (secondary N) is 1. The third-order valence-corrected chi connectivity index (χ3v) is 5.77. The first-order valence-electron chi connectivity index (χ1n) is 10.8. The van der Waals surface area contributed by atoms with E-state index in [0.717, 1.165) is 10.8 Å². The number of nitrogens with zero attached hydrogens (tertiary/aromatic N) is 5. The number of fused-ring (bicyclic) bond motifs is 1. The Kier molecular flexibility index (Phi) is 6.72. The van der Waals surface area contributed by atoms with Gasteiger partial charge in [0.2, 0.25) is 5.60 Å². The van der Waals surface area contributed by atoms with E-state index in [1.165, 1.54) is 6.07 Å². The van der Waals surface area contributed by atoms with E-state index in [2.05, 4.69) is 20.3 Å². The van der Waals surface area contributed by atoms with Crippen LogP contribution in [0.2, 0.25) is 0 Å². The molecule has 14 nitrogen and oxygen atoms in total. The number of ether oxygens (including phenoxy) is 3. The topological polar surface area (TPSA) is 204 Å². The van der Waals surface area contributed by atoms with E-state index in [-0.39, 0.29) is 5.82 Å². The van der Waals surface area contributed by atoms with Gasteiger partial charge < -0.3 is 30.4 Å². The standard InChI is InChI=1S/C20H28FN7O7/c1-9(2)11(26-17(32)35-18(3,4)5)14(29)34-20-12(21)13(28-7-6-10(22)25-16(28)31)33-19(20,15(20)30)8-24-27-23/h6-7,9,11-13,15,30H,8H2,1-5H3,(H,26,32)(H2,22,25,31)/t11-,12-,13+,15?,19+,20+/m0/s1. The first kappa shape index (κ1) is 26.2. The van der Waals surface area contributed by atoms with Crippen molar-refractivity contribution in [1.82, 2.24) is 14.9 Å². The Labute approximate surface area is 199 Å². The van der Waals surface area contributed by atoms with Gasteiger partial charge in [0.05, 0.1) is 6.54 Å². The summed E-state index contributed by atoms with van der Waals surface area (Å²) in [5.41, 5.74) is 8.17. The molecule has 2 aliphatic rings. The van der Waals surface area contributed by atoms with Crippen LogP contribution in [0.15, 0.2) is 22.2 Å². The van der Waals surface area contributed by atoms with Crippen molar-refractivity contribution in [3.8, 4) is 0 Å². The van der Waals surface area contributed by atoms with Crippen molar-refractivity contribution >= 4 is 17.9 Å². The summed E-state index contributed by atoms with van der Waals surface area (Å²) in [5.74, 6) is -1.71. The highest BCUT2D eigenvalue weighted by Crippen LogP contribution is 2.65. The predicted octanol–water partition coefficient (Wildman–Crippen LogP) is 0.947. The molecule has 1 aromatic rings. The van der Waals surface area contributed by atoms with Crippen LogP contribution in [0.4, 0.5) is 15.0 Å². The van der Waals surface area contributed by atoms with Crippen LogP contribution in [-0.2, 0) is 19.0 Å². The number of aliphatic hydroxyl groups is 1. The van der Waals surface area contributed by atoms with Crippen molar-refractivity contribution < 1.29 is 33.3 Å². The van der Waals surface area contributed by atoms with Gasteiger partial charge in [-0.1, -0.05) is 19.0 Å². The molecule has 0 aromatic carbocycles. The monoisotopic (exact) mass is 497 g/mol. The Morgan fingerprint density at radius 2 is 2.14 bits per heavy atom. The molecular formula is C20H28FN7O7. The maximum absolute atomic E-state index is 15.8. The molecular weight excluding hydrogens is 469 g/mol. The zero-order valence-electron chi connectivity index (χ0n) is 19.8. The lowest BCUT2D eigenvalue weighted by Gasteiger charge is -2.27. The Bertz CT molecular complexity index is 1120. The number of esters is 1. The maximum Gasteiger partial charge on any atom is 0.408 e. The normalized spacial score (nSPS) is 30.1. The van der Waals surface area contributed by atoms with E-state index in [1.807, 2.05) is 0 Å². The van der Waals surface area contributed by atoms with Crippen LogP contribution in [0, 0.1) is 5.92 Å². The summed E-state index contributed by atoms with van der Waals surface area (Å²) < 4.78 is 32.9. The number of nitrogens with two attached hydrogens (primary N) is 1. The van der Waals surface area contributed by atoms with Crippen molar-refractivity contribution in [3.05, 3.63) is 33.2 Å². The number of carbonyl (C=O) groups excluding carboxylic acids is 2. The Morgan fingerprint density at radius 3 is 2.69 bits per heavy atom. The number of hydrogen-bond acceptors (Lipinski definition) is 10. The highest BCUT2D eigenvalue weighted by atomic mass is 19.1. The molecule has 4 N–H and O–H groups in total. The number of aliphatic hydroxyl groups excluding tert-OH is 1. The molecule has 35 heavy (non-hydrogen) atoms. The summed E-state index contributed by atoms with van der Waals surface area (Å²) in [6.07, 6.45) is -5.43. The fraction of sp³-hybridized carbons (Fsp3) is 0.700. The summed E-state index contributed by atoms with van der Waals surface area (Å²) in [7, 11) is 0. The molecule has 0 radical (unpaired) electrons. The molecule has 1 aliphatic heterocycles. The first-order chi connectivity index (χ1) is 16.2. The van der Waals surface area contributed by atoms with Crippen LogP contribution in [0.1, 0.15) is 40.8 Å². The summed E-state index contributed by atoms with van der Waals surface area (Å²) in [6, 6.07) is -0.0488. The van der Waals surface area contributed by atoms with Crippen molar-refractivity contribution in [2.75, 3.05) is 12.3 Å². The van der Waals surface area contributed by atoms with Crippen LogP contribution in [0.25, 0.3) is 10.4 Å². The molecule has 0 bridgehead atoms. The molecule has 1 saturated carbocycles. The summed E-state index contributed by atoms with van der Waals surface area (Å²) >= 11 is 0. The molecule has 192 valence electrons. The van der Waals surface area contributed by atoms with E-state index in [9.17, 15) is 19.5 Å². The second kappa shape index (κ2) is 8.98. The number of azide groups is 1. The number of halogens is 1. The highest BCUT2D eigenvalue weighted by Gasteiger charge is 2.91. The Hall–Kier alpha value is -3.42. The van der Waals surface area contributed by atoms with E-state index in [1.54, 1.807) is 34.6 Å². The highest BCUT2D eigenvalue weighted by molar-refractivity contribution is 5.82. The second-order valence-electron chi connectivity index (χ2n) is 9.72. The molecule has 2 fully saturated rings. The fourth-order valence-electron chi connectivity index (χ4n) is 4.07. The van der Waals surface area contributed by atoms with Gasteiger partial charge in [0.1, 0.15) is 23.6 Å². The predicted molar refractivity (Wildman–Crippen MR) is 117 cm³/mol. The van der Waals surface area contributed by atoms with Gasteiger partial charge in [0, 0.05) is 11.1 Å². The van der Waals surface area contributed by atoms with E-state index < -0.39 is 71.6 Å². The molecule has 3 rings (SSSR count). The molecule has 1 aromatic heterocycles. The third kappa shape index (κ3) is 4.49. The van der Waals surface area contributed by atoms with Crippen LogP contribution >= 0.6 is 0 Å². The van der Waals surface area contributed by atoms with Gasteiger partial charge in [-0.3, -0.25) is 4.57 Å². The number of amides is 1. The van der Waals surface area contributed by atoms with E-state index in [0.29, 0.717) is 0 Å². The van der Waals surface area contributed by atoms with Crippen molar-refractivity contribution in [2.24, 2.45) is 11.0 Å². The number of nitrogen functional groups attached to an aromatic ring is 1. The maximum atomic E-state index is 15.8. The van der Waals surface area contributed by atoms with E-state index >= 15 is 4.39 Å². The number of anilines is 1. The lowest BCUT2D eigenvalue weighted by molar-refractivity contribution is -0.163. The van der Waals surface area contributed by atoms with Gasteiger partial charge in [-0.05, 0) is 38.3 Å². The van der Waals surface area contributed by atoms with Crippen LogP contribution in [0.3, 0.4) is 0 Å². The minimum absolute atomic E-state index is 0.109. The second-order valence-corrected chi connectivity index (χ2v) is 9.72. The Morgan fingerprint density at radius 1 is 1.49 bits per heavy atom. The van der Waals surface area contributed by atoms with Crippen molar-refractivity contribution in [3.63, 3.8) is 0 Å². The number of carbonyl (C=O) groups is 2. The number of alkyl carbamates (subject to hydrolysis) is 1. The Balaban J connectivity index is 1.92. The minimum atomic E-state index is -2.31. The minimum Gasteiger partial charge on any atom is -0.448 e. The van der Waals surface area contributed by atoms with Gasteiger partial charge in [-0.25, -0.2) is 18.8 Å². The number of rotatable bonds is 7. The molecule has 1 unspecified atom stereocenters. The van der Waals surface area contributed by atoms with Crippen LogP contribution in [0.5, 0.6) is 0 Å². The average molecular weight is 497 g/mol. The molecule has 1 saturated heterocycles. The SMILES string of the molecule is CC(C)[C@H](NC(=O)OC(C)(C)C)C(=O)O[C@]12C(O)[C@@]1(CN=[N+]=[N-])O[C@@H](n1ccc(N)nc1=O)[C@@H]2F. The molecule has 2 heterocycles. The lowest BCUT2D eigenvalue weighted by atomic mass is 10.0. The lowest BCUT2D eigenvalue weighted by Crippen LogP contribution is -2.50. The molecule has 0 spiro atoms. The van der Waals surface area contributed by atoms with Gasteiger partial charge in [-0.15, -0.1) is 0 Å². The molecule has 15 heteroatoms. The molecule has 6 atom stereocenters. The fourth-order valence-corrected chi connectivity index (χ4v) is 4.07. The summed E-state index contributed by atoms with van der Waals surface area (Å²) in [6.45, 7) is 7.53. The zero-order chi connectivity index (χ0) is 26.3. The quantitative estimate of drug-likeness (QED) is 0.212. The molecule has 1 aliphatic carbocycles. The summed E-state index contributed by atoms with van der Waals surface area (Å²) in [5, 5.41) is 16.4. The smallest absolute Gasteiger partial charge is 0.408 e. The summed E-state index contributed by atoms with van der Waals surface area (Å²) in [4.78, 5) is 43.7. The average Bonchev–Trinajstić information content (AvgIpc) is 3.11. The zero-order valence-corrected chi connectivity index (χ0v) is 19.8. The van der Waals surface area contributed by atoms with Crippen LogP contribution in [-0.4, -0.2) is 68.4 Å². The van der Waals surface area contributed by atoms with Crippen molar-refractivity contribution in [1.29, 1.82) is 0 Å². The molecule has 1 amide bonds. The van der Waals surface area contributed by atoms with Gasteiger partial charge >= 0.3 is 17.8 Å².